The molecule has 230 valence electrons. The third-order valence-electron chi connectivity index (χ3n) is 9.11. The summed E-state index contributed by atoms with van der Waals surface area (Å²) < 4.78 is 52.5. The van der Waals surface area contributed by atoms with Crippen molar-refractivity contribution in [1.82, 2.24) is 0 Å². The van der Waals surface area contributed by atoms with Gasteiger partial charge in [0.25, 0.3) is 0 Å². The Kier molecular flexibility index (Phi) is 6.50. The van der Waals surface area contributed by atoms with Gasteiger partial charge in [-0.1, -0.05) is 74.5 Å². The molecular weight excluding hydrogens is 579 g/mol. The molecule has 8 rings (SSSR count). The Morgan fingerprint density at radius 3 is 1.84 bits per heavy atom. The van der Waals surface area contributed by atoms with Gasteiger partial charge in [0.2, 0.25) is 0 Å². The Morgan fingerprint density at radius 2 is 1.30 bits per heavy atom. The minimum absolute atomic E-state index is 0.0996. The van der Waals surface area contributed by atoms with Crippen LogP contribution < -0.4 is 4.52 Å². The molecule has 0 bridgehead atoms. The first-order valence-electron chi connectivity index (χ1n) is 15.3. The maximum atomic E-state index is 7.17. The van der Waals surface area contributed by atoms with E-state index in [0.717, 1.165) is 32.3 Å². The lowest BCUT2D eigenvalue weighted by atomic mass is 9.79. The van der Waals surface area contributed by atoms with Crippen LogP contribution in [0.4, 0.5) is 0 Å². The second kappa shape index (κ2) is 10.0. The maximum Gasteiger partial charge on any atom is 0.388 e. The predicted molar refractivity (Wildman–Crippen MR) is 169 cm³/mol. The minimum atomic E-state index is -2.01. The maximum absolute atomic E-state index is 7.17. The number of benzene rings is 4. The highest BCUT2D eigenvalue weighted by molar-refractivity contribution is 7.31. The largest absolute Gasteiger partial charge is 0.399 e. The van der Waals surface area contributed by atoms with Crippen LogP contribution in [0.5, 0.6) is 0 Å². The SMILES string of the molecule is CC(C)[C@@]1(Op2oc3ccc4ccccc4c3c3c(ccc4ccccc43)o2)[C@@H]([C@H]2COC(C)(C)O2)O[C@@H]2OC(C)(C)O[C@@H]21. The van der Waals surface area contributed by atoms with Gasteiger partial charge < -0.3 is 32.1 Å². The number of fused-ring (bicyclic) bond motifs is 8. The van der Waals surface area contributed by atoms with E-state index in [0.29, 0.717) is 17.8 Å². The van der Waals surface area contributed by atoms with Gasteiger partial charge in [0.05, 0.1) is 6.61 Å². The van der Waals surface area contributed by atoms with Gasteiger partial charge in [-0.05, 0) is 67.3 Å². The van der Waals surface area contributed by atoms with E-state index in [1.807, 2.05) is 52.0 Å². The molecule has 3 saturated heterocycles. The standard InChI is InChI=1S/C35H37O8P/c1-20(2)35(30(27-19-36-33(3,4)38-27)37-32-31(35)39-34(5,6)40-32)43-44-41-25-17-15-21-11-7-9-13-23(21)28(25)29-24-14-10-8-12-22(24)16-18-26(29)42-44/h7-18,20,27,30-32H,19H2,1-6H3/t27-,30-,31+,32-,35-/m1/s1. The molecule has 0 radical (unpaired) electrons. The summed E-state index contributed by atoms with van der Waals surface area (Å²) in [5.74, 6) is -1.71. The van der Waals surface area contributed by atoms with E-state index in [9.17, 15) is 0 Å². The van der Waals surface area contributed by atoms with E-state index >= 15 is 0 Å². The molecule has 0 N–H and O–H groups in total. The minimum Gasteiger partial charge on any atom is -0.399 e. The van der Waals surface area contributed by atoms with Crippen LogP contribution in [0.15, 0.2) is 81.2 Å². The van der Waals surface area contributed by atoms with Crippen molar-refractivity contribution in [2.45, 2.75) is 83.3 Å². The molecule has 44 heavy (non-hydrogen) atoms. The Morgan fingerprint density at radius 1 is 0.705 bits per heavy atom. The molecule has 1 aromatic heterocycles. The van der Waals surface area contributed by atoms with Crippen molar-refractivity contribution >= 4 is 51.7 Å². The Hall–Kier alpha value is -2.94. The molecule has 8 nitrogen and oxygen atoms in total. The van der Waals surface area contributed by atoms with Crippen molar-refractivity contribution < 1.29 is 36.6 Å². The smallest absolute Gasteiger partial charge is 0.388 e. The molecule has 0 spiro atoms. The fourth-order valence-electron chi connectivity index (χ4n) is 7.17. The van der Waals surface area contributed by atoms with Gasteiger partial charge in [-0.2, -0.15) is 0 Å². The van der Waals surface area contributed by atoms with Crippen molar-refractivity contribution in [3.8, 4) is 0 Å². The summed E-state index contributed by atoms with van der Waals surface area (Å²) in [5.41, 5.74) is 0.347. The van der Waals surface area contributed by atoms with Gasteiger partial charge in [-0.15, -0.1) is 0 Å². The lowest BCUT2D eigenvalue weighted by molar-refractivity contribution is -0.245. The number of ether oxygens (including phenoxy) is 5. The number of hydrogen-bond donors (Lipinski definition) is 0. The summed E-state index contributed by atoms with van der Waals surface area (Å²) in [7, 11) is -2.01. The molecule has 0 aliphatic carbocycles. The van der Waals surface area contributed by atoms with Crippen LogP contribution in [0.2, 0.25) is 0 Å². The Balaban J connectivity index is 1.38. The molecule has 0 amide bonds. The van der Waals surface area contributed by atoms with Gasteiger partial charge >= 0.3 is 8.24 Å². The quantitative estimate of drug-likeness (QED) is 0.199. The average molecular weight is 617 g/mol. The van der Waals surface area contributed by atoms with Crippen LogP contribution in [0, 0.1) is 5.92 Å². The van der Waals surface area contributed by atoms with Crippen LogP contribution in [-0.4, -0.2) is 48.4 Å². The summed E-state index contributed by atoms with van der Waals surface area (Å²) in [6.45, 7) is 12.1. The summed E-state index contributed by atoms with van der Waals surface area (Å²) in [5, 5.41) is 6.36. The fraction of sp³-hybridized carbons (Fsp3) is 0.429. The molecule has 3 aliphatic heterocycles. The highest BCUT2D eigenvalue weighted by Crippen LogP contribution is 2.53. The molecule has 0 saturated carbocycles. The van der Waals surface area contributed by atoms with E-state index in [1.165, 1.54) is 0 Å². The highest BCUT2D eigenvalue weighted by Gasteiger charge is 2.69. The van der Waals surface area contributed by atoms with Gasteiger partial charge in [0.15, 0.2) is 17.9 Å². The van der Waals surface area contributed by atoms with Crippen molar-refractivity contribution in [1.29, 1.82) is 0 Å². The van der Waals surface area contributed by atoms with Gasteiger partial charge in [0, 0.05) is 10.8 Å². The van der Waals surface area contributed by atoms with Crippen LogP contribution in [0.25, 0.3) is 43.5 Å². The lowest BCUT2D eigenvalue weighted by Crippen LogP contribution is -2.60. The average Bonchev–Trinajstić information content (AvgIpc) is 3.55. The normalized spacial score (nSPS) is 29.3. The van der Waals surface area contributed by atoms with Crippen LogP contribution in [-0.2, 0) is 23.7 Å². The second-order valence-corrected chi connectivity index (χ2v) is 14.2. The molecule has 5 atom stereocenters. The number of hydrogen-bond acceptors (Lipinski definition) is 8. The van der Waals surface area contributed by atoms with Crippen molar-refractivity contribution in [3.63, 3.8) is 0 Å². The lowest BCUT2D eigenvalue weighted by Gasteiger charge is -2.41. The van der Waals surface area contributed by atoms with E-state index in [-0.39, 0.29) is 5.92 Å². The molecular formula is C35H37O8P. The first-order valence-corrected chi connectivity index (χ1v) is 16.4. The molecule has 9 heteroatoms. The van der Waals surface area contributed by atoms with E-state index in [1.54, 1.807) is 0 Å². The van der Waals surface area contributed by atoms with Crippen LogP contribution in [0.1, 0.15) is 41.5 Å². The third kappa shape index (κ3) is 4.43. The van der Waals surface area contributed by atoms with Gasteiger partial charge in [0.1, 0.15) is 35.1 Å². The summed E-state index contributed by atoms with van der Waals surface area (Å²) in [6.07, 6.45) is -2.19. The third-order valence-corrected chi connectivity index (χ3v) is 10.3. The predicted octanol–water partition coefficient (Wildman–Crippen LogP) is 8.45. The molecule has 4 heterocycles. The molecule has 0 unspecified atom stereocenters. The van der Waals surface area contributed by atoms with Crippen molar-refractivity contribution in [2.75, 3.05) is 6.61 Å². The van der Waals surface area contributed by atoms with Crippen LogP contribution >= 0.6 is 8.24 Å². The molecule has 4 aromatic carbocycles. The van der Waals surface area contributed by atoms with E-state index in [2.05, 4.69) is 62.4 Å². The monoisotopic (exact) mass is 616 g/mol. The summed E-state index contributed by atoms with van der Waals surface area (Å²) in [4.78, 5) is 0. The molecule has 3 fully saturated rings. The first kappa shape index (κ1) is 28.5. The fourth-order valence-corrected chi connectivity index (χ4v) is 8.59. The van der Waals surface area contributed by atoms with E-state index < -0.39 is 50.0 Å². The zero-order valence-corrected chi connectivity index (χ0v) is 26.6. The molecule has 3 aliphatic rings. The summed E-state index contributed by atoms with van der Waals surface area (Å²) in [6, 6.07) is 24.9. The topological polar surface area (TPSA) is 81.7 Å². The highest BCUT2D eigenvalue weighted by atomic mass is 31.1. The van der Waals surface area contributed by atoms with Gasteiger partial charge in [-0.25, -0.2) is 0 Å². The Bertz CT molecular complexity index is 1850. The summed E-state index contributed by atoms with van der Waals surface area (Å²) >= 11 is 0. The molecule has 5 aromatic rings. The first-order chi connectivity index (χ1) is 21.0. The van der Waals surface area contributed by atoms with Crippen molar-refractivity contribution in [3.05, 3.63) is 72.8 Å². The zero-order chi connectivity index (χ0) is 30.4. The van der Waals surface area contributed by atoms with Crippen LogP contribution in [0.3, 0.4) is 0 Å². The van der Waals surface area contributed by atoms with Gasteiger partial charge in [-0.3, -0.25) is 4.52 Å². The second-order valence-electron chi connectivity index (χ2n) is 13.2. The van der Waals surface area contributed by atoms with E-state index in [4.69, 9.17) is 36.6 Å². The number of rotatable bonds is 4. The zero-order valence-electron chi connectivity index (χ0n) is 25.7. The Labute approximate surface area is 256 Å². The van der Waals surface area contributed by atoms with Crippen molar-refractivity contribution in [2.24, 2.45) is 5.92 Å².